The number of nitrogens with one attached hydrogen (secondary N) is 1. The van der Waals surface area contributed by atoms with E-state index in [9.17, 15) is 0 Å². The molecule has 1 atom stereocenters. The maximum Gasteiger partial charge on any atom is 0.0309 e. The zero-order valence-electron chi connectivity index (χ0n) is 13.7. The summed E-state index contributed by atoms with van der Waals surface area (Å²) in [7, 11) is 0. The molecule has 1 aromatic carbocycles. The number of piperazine rings is 1. The van der Waals surface area contributed by atoms with Crippen molar-refractivity contribution < 1.29 is 0 Å². The fourth-order valence-electron chi connectivity index (χ4n) is 4.23. The Morgan fingerprint density at radius 1 is 1.29 bits per heavy atom. The molecule has 1 N–H and O–H groups in total. The highest BCUT2D eigenvalue weighted by atomic mass is 15.3. The molecule has 2 aliphatic rings. The van der Waals surface area contributed by atoms with Gasteiger partial charge in [0.2, 0.25) is 0 Å². The topological polar surface area (TPSA) is 15.3 Å². The molecule has 1 aliphatic heterocycles. The number of aryl methyl sites for hydroxylation is 1. The first-order chi connectivity index (χ1) is 10.2. The van der Waals surface area contributed by atoms with E-state index < -0.39 is 0 Å². The lowest BCUT2D eigenvalue weighted by Crippen LogP contribution is -2.63. The number of rotatable bonds is 4. The molecule has 1 saturated heterocycles. The van der Waals surface area contributed by atoms with E-state index in [1.165, 1.54) is 69.3 Å². The van der Waals surface area contributed by atoms with Gasteiger partial charge < -0.3 is 5.32 Å². The Hall–Kier alpha value is -0.860. The maximum atomic E-state index is 3.89. The fraction of sp³-hybridized carbons (Fsp3) is 0.684. The van der Waals surface area contributed by atoms with E-state index in [4.69, 9.17) is 0 Å². The van der Waals surface area contributed by atoms with Crippen LogP contribution in [0.5, 0.6) is 0 Å². The summed E-state index contributed by atoms with van der Waals surface area (Å²) in [5.74, 6) is 0. The SMILES string of the molecule is CCC1CNC2(CCCC2)CN1CCc1cccc(C)c1. The monoisotopic (exact) mass is 286 g/mol. The van der Waals surface area contributed by atoms with Crippen LogP contribution >= 0.6 is 0 Å². The molecule has 3 rings (SSSR count). The second-order valence-corrected chi connectivity index (χ2v) is 7.14. The van der Waals surface area contributed by atoms with Gasteiger partial charge in [-0.2, -0.15) is 0 Å². The van der Waals surface area contributed by atoms with Crippen LogP contribution in [-0.2, 0) is 6.42 Å². The minimum atomic E-state index is 0.443. The number of hydrogen-bond donors (Lipinski definition) is 1. The highest BCUT2D eigenvalue weighted by Crippen LogP contribution is 2.33. The molecule has 1 unspecified atom stereocenters. The van der Waals surface area contributed by atoms with Crippen LogP contribution in [0.15, 0.2) is 24.3 Å². The maximum absolute atomic E-state index is 3.89. The lowest BCUT2D eigenvalue weighted by Gasteiger charge is -2.46. The first kappa shape index (κ1) is 15.1. The van der Waals surface area contributed by atoms with Crippen molar-refractivity contribution >= 4 is 0 Å². The molecule has 2 heteroatoms. The lowest BCUT2D eigenvalue weighted by molar-refractivity contribution is 0.0794. The van der Waals surface area contributed by atoms with E-state index in [0.29, 0.717) is 5.54 Å². The van der Waals surface area contributed by atoms with Crippen molar-refractivity contribution in [1.29, 1.82) is 0 Å². The molecular formula is C19H30N2. The van der Waals surface area contributed by atoms with E-state index in [2.05, 4.69) is 48.3 Å². The van der Waals surface area contributed by atoms with Crippen LogP contribution in [0, 0.1) is 6.92 Å². The van der Waals surface area contributed by atoms with Crippen LogP contribution in [-0.4, -0.2) is 36.1 Å². The van der Waals surface area contributed by atoms with Gasteiger partial charge in [-0.1, -0.05) is 49.6 Å². The molecule has 116 valence electrons. The average molecular weight is 286 g/mol. The predicted molar refractivity (Wildman–Crippen MR) is 89.7 cm³/mol. The van der Waals surface area contributed by atoms with E-state index in [1.54, 1.807) is 0 Å². The van der Waals surface area contributed by atoms with Crippen LogP contribution in [0.25, 0.3) is 0 Å². The van der Waals surface area contributed by atoms with E-state index in [-0.39, 0.29) is 0 Å². The van der Waals surface area contributed by atoms with Crippen LogP contribution in [0.3, 0.4) is 0 Å². The summed E-state index contributed by atoms with van der Waals surface area (Å²) in [4.78, 5) is 2.77. The Balaban J connectivity index is 1.63. The minimum Gasteiger partial charge on any atom is -0.308 e. The standard InChI is InChI=1S/C19H30N2/c1-3-18-14-20-19(10-4-5-11-19)15-21(18)12-9-17-8-6-7-16(2)13-17/h6-8,13,18,20H,3-5,9-12,14-15H2,1-2H3. The molecule has 21 heavy (non-hydrogen) atoms. The first-order valence-corrected chi connectivity index (χ1v) is 8.75. The molecule has 1 aromatic rings. The van der Waals surface area contributed by atoms with Gasteiger partial charge in [-0.05, 0) is 38.2 Å². The zero-order valence-corrected chi connectivity index (χ0v) is 13.7. The largest absolute Gasteiger partial charge is 0.308 e. The Labute approximate surface area is 129 Å². The van der Waals surface area contributed by atoms with Gasteiger partial charge >= 0.3 is 0 Å². The van der Waals surface area contributed by atoms with Crippen molar-refractivity contribution in [3.05, 3.63) is 35.4 Å². The van der Waals surface area contributed by atoms with Gasteiger partial charge in [-0.15, -0.1) is 0 Å². The van der Waals surface area contributed by atoms with Gasteiger partial charge in [0.1, 0.15) is 0 Å². The summed E-state index contributed by atoms with van der Waals surface area (Å²) >= 11 is 0. The van der Waals surface area contributed by atoms with Gasteiger partial charge in [0.25, 0.3) is 0 Å². The number of nitrogens with zero attached hydrogens (tertiary/aromatic N) is 1. The van der Waals surface area contributed by atoms with Crippen molar-refractivity contribution in [2.45, 2.75) is 64.0 Å². The van der Waals surface area contributed by atoms with Gasteiger partial charge in [0.15, 0.2) is 0 Å². The highest BCUT2D eigenvalue weighted by Gasteiger charge is 2.40. The molecule has 1 heterocycles. The second-order valence-electron chi connectivity index (χ2n) is 7.14. The zero-order chi connectivity index (χ0) is 14.7. The van der Waals surface area contributed by atoms with Crippen molar-refractivity contribution in [1.82, 2.24) is 10.2 Å². The second kappa shape index (κ2) is 6.50. The van der Waals surface area contributed by atoms with Crippen molar-refractivity contribution in [3.63, 3.8) is 0 Å². The van der Waals surface area contributed by atoms with Gasteiger partial charge in [-0.3, -0.25) is 4.90 Å². The van der Waals surface area contributed by atoms with Crippen molar-refractivity contribution in [3.8, 4) is 0 Å². The molecule has 1 spiro atoms. The third-order valence-electron chi connectivity index (χ3n) is 5.54. The van der Waals surface area contributed by atoms with Gasteiger partial charge in [0, 0.05) is 31.2 Å². The van der Waals surface area contributed by atoms with Crippen molar-refractivity contribution in [2.75, 3.05) is 19.6 Å². The first-order valence-electron chi connectivity index (χ1n) is 8.75. The van der Waals surface area contributed by atoms with E-state index in [1.807, 2.05) is 0 Å². The molecule has 0 radical (unpaired) electrons. The number of benzene rings is 1. The fourth-order valence-corrected chi connectivity index (χ4v) is 4.23. The Kier molecular flexibility index (Phi) is 4.66. The Bertz CT molecular complexity index is 462. The summed E-state index contributed by atoms with van der Waals surface area (Å²) in [5.41, 5.74) is 3.31. The molecule has 0 amide bonds. The molecule has 2 nitrogen and oxygen atoms in total. The summed E-state index contributed by atoms with van der Waals surface area (Å²) in [5, 5.41) is 3.89. The summed E-state index contributed by atoms with van der Waals surface area (Å²) in [6.45, 7) is 8.18. The minimum absolute atomic E-state index is 0.443. The Morgan fingerprint density at radius 3 is 2.81 bits per heavy atom. The van der Waals surface area contributed by atoms with E-state index >= 15 is 0 Å². The molecule has 2 fully saturated rings. The normalized spacial score (nSPS) is 25.5. The summed E-state index contributed by atoms with van der Waals surface area (Å²) in [6, 6.07) is 9.73. The van der Waals surface area contributed by atoms with Crippen LogP contribution in [0.4, 0.5) is 0 Å². The number of hydrogen-bond acceptors (Lipinski definition) is 2. The van der Waals surface area contributed by atoms with Gasteiger partial charge in [0.05, 0.1) is 0 Å². The van der Waals surface area contributed by atoms with Crippen molar-refractivity contribution in [2.24, 2.45) is 0 Å². The lowest BCUT2D eigenvalue weighted by atomic mass is 9.91. The third kappa shape index (κ3) is 3.49. The molecule has 0 bridgehead atoms. The average Bonchev–Trinajstić information content (AvgIpc) is 2.93. The molecule has 1 saturated carbocycles. The van der Waals surface area contributed by atoms with Crippen LogP contribution in [0.2, 0.25) is 0 Å². The smallest absolute Gasteiger partial charge is 0.0309 e. The summed E-state index contributed by atoms with van der Waals surface area (Å²) in [6.07, 6.45) is 8.03. The Morgan fingerprint density at radius 2 is 2.10 bits per heavy atom. The van der Waals surface area contributed by atoms with E-state index in [0.717, 1.165) is 6.04 Å². The van der Waals surface area contributed by atoms with Gasteiger partial charge in [-0.25, -0.2) is 0 Å². The molecular weight excluding hydrogens is 256 g/mol. The third-order valence-corrected chi connectivity index (χ3v) is 5.54. The molecule has 0 aromatic heterocycles. The quantitative estimate of drug-likeness (QED) is 0.911. The highest BCUT2D eigenvalue weighted by molar-refractivity contribution is 5.22. The molecule has 1 aliphatic carbocycles. The van der Waals surface area contributed by atoms with Crippen LogP contribution in [0.1, 0.15) is 50.2 Å². The predicted octanol–water partition coefficient (Wildman–Crippen LogP) is 3.53. The van der Waals surface area contributed by atoms with Crippen LogP contribution < -0.4 is 5.32 Å². The summed E-state index contributed by atoms with van der Waals surface area (Å²) < 4.78 is 0.